The molecule has 1 fully saturated rings. The van der Waals surface area contributed by atoms with E-state index < -0.39 is 5.91 Å². The van der Waals surface area contributed by atoms with Crippen LogP contribution >= 0.6 is 11.8 Å². The number of likely N-dealkylation sites (tertiary alicyclic amines) is 1. The summed E-state index contributed by atoms with van der Waals surface area (Å²) in [6.45, 7) is 4.32. The molecule has 108 valence electrons. The number of nitrogens with two attached hydrogens (primary N) is 1. The fraction of sp³-hybridized carbons (Fsp3) is 0.750. The zero-order chi connectivity index (χ0) is 14.5. The van der Waals surface area contributed by atoms with Gasteiger partial charge in [-0.2, -0.15) is 11.8 Å². The van der Waals surface area contributed by atoms with Crippen LogP contribution < -0.4 is 11.1 Å². The molecule has 1 rings (SSSR count). The minimum atomic E-state index is -0.423. The maximum Gasteiger partial charge on any atom is 0.246 e. The molecule has 0 aromatic carbocycles. The van der Waals surface area contributed by atoms with E-state index in [1.807, 2.05) is 13.8 Å². The van der Waals surface area contributed by atoms with Crippen molar-refractivity contribution in [3.8, 4) is 0 Å². The first-order chi connectivity index (χ1) is 8.78. The van der Waals surface area contributed by atoms with Crippen molar-refractivity contribution in [3.63, 3.8) is 0 Å². The minimum Gasteiger partial charge on any atom is -0.333 e. The molecule has 1 aliphatic heterocycles. The smallest absolute Gasteiger partial charge is 0.246 e. The number of nitrogens with zero attached hydrogens (tertiary/aromatic N) is 1. The Balaban J connectivity index is 2.21. The zero-order valence-electron chi connectivity index (χ0n) is 11.4. The second kappa shape index (κ2) is 6.91. The van der Waals surface area contributed by atoms with Gasteiger partial charge in [0.2, 0.25) is 17.7 Å². The lowest BCUT2D eigenvalue weighted by molar-refractivity contribution is -0.135. The monoisotopic (exact) mass is 287 g/mol. The first-order valence-corrected chi connectivity index (χ1v) is 7.40. The predicted molar refractivity (Wildman–Crippen MR) is 74.6 cm³/mol. The van der Waals surface area contributed by atoms with Crippen molar-refractivity contribution in [1.29, 1.82) is 0 Å². The molecule has 3 N–H and O–H groups in total. The van der Waals surface area contributed by atoms with E-state index in [0.29, 0.717) is 18.7 Å². The summed E-state index contributed by atoms with van der Waals surface area (Å²) in [6.07, 6.45) is 1.27. The first-order valence-electron chi connectivity index (χ1n) is 6.25. The summed E-state index contributed by atoms with van der Waals surface area (Å²) in [7, 11) is 0. The first kappa shape index (κ1) is 16.0. The van der Waals surface area contributed by atoms with E-state index in [2.05, 4.69) is 5.32 Å². The molecule has 7 heteroatoms. The normalized spacial score (nSPS) is 15.7. The molecule has 1 saturated heterocycles. The van der Waals surface area contributed by atoms with Crippen molar-refractivity contribution < 1.29 is 14.4 Å². The van der Waals surface area contributed by atoms with Gasteiger partial charge in [0.25, 0.3) is 0 Å². The van der Waals surface area contributed by atoms with E-state index in [1.165, 1.54) is 16.7 Å². The predicted octanol–water partition coefficient (Wildman–Crippen LogP) is -0.278. The molecule has 0 bridgehead atoms. The molecular weight excluding hydrogens is 266 g/mol. The summed E-state index contributed by atoms with van der Waals surface area (Å²) < 4.78 is 0. The number of hydrogen-bond acceptors (Lipinski definition) is 5. The number of hydrogen-bond donors (Lipinski definition) is 2. The molecular formula is C12H21N3O3S. The Hall–Kier alpha value is -1.08. The third-order valence-electron chi connectivity index (χ3n) is 2.49. The molecule has 1 aliphatic rings. The van der Waals surface area contributed by atoms with Gasteiger partial charge in [0, 0.05) is 24.3 Å². The van der Waals surface area contributed by atoms with Gasteiger partial charge >= 0.3 is 0 Å². The number of rotatable bonds is 6. The van der Waals surface area contributed by atoms with Crippen molar-refractivity contribution in [2.45, 2.75) is 32.2 Å². The quantitative estimate of drug-likeness (QED) is 0.701. The van der Waals surface area contributed by atoms with Crippen LogP contribution in [0.2, 0.25) is 0 Å². The molecule has 3 amide bonds. The number of nitrogens with one attached hydrogen (secondary N) is 1. The van der Waals surface area contributed by atoms with Crippen molar-refractivity contribution in [2.75, 3.05) is 24.6 Å². The van der Waals surface area contributed by atoms with Crippen LogP contribution in [-0.4, -0.2) is 52.8 Å². The van der Waals surface area contributed by atoms with Crippen molar-refractivity contribution in [2.24, 2.45) is 5.73 Å². The summed E-state index contributed by atoms with van der Waals surface area (Å²) >= 11 is 1.38. The highest BCUT2D eigenvalue weighted by atomic mass is 32.2. The van der Waals surface area contributed by atoms with Crippen LogP contribution in [0.5, 0.6) is 0 Å². The average molecular weight is 287 g/mol. The van der Waals surface area contributed by atoms with Gasteiger partial charge < -0.3 is 10.6 Å². The average Bonchev–Trinajstić information content (AvgIpc) is 2.62. The van der Waals surface area contributed by atoms with Crippen molar-refractivity contribution in [1.82, 2.24) is 10.2 Å². The third-order valence-corrected chi connectivity index (χ3v) is 3.91. The Morgan fingerprint density at radius 3 is 2.63 bits per heavy atom. The number of imide groups is 1. The minimum absolute atomic E-state index is 0.0261. The summed E-state index contributed by atoms with van der Waals surface area (Å²) in [4.78, 5) is 35.8. The van der Waals surface area contributed by atoms with E-state index in [4.69, 9.17) is 5.73 Å². The largest absolute Gasteiger partial charge is 0.333 e. The Morgan fingerprint density at radius 2 is 2.11 bits per heavy atom. The van der Waals surface area contributed by atoms with Crippen LogP contribution in [0, 0.1) is 0 Å². The lowest BCUT2D eigenvalue weighted by Gasteiger charge is -2.17. The van der Waals surface area contributed by atoms with E-state index in [1.54, 1.807) is 0 Å². The standard InChI is InChI=1S/C12H21N3O3S/c1-12(2,13)8-19-7-10(17)14-9(16)6-15-5-3-4-11(15)18/h3-8,13H2,1-2H3,(H,14,16,17). The summed E-state index contributed by atoms with van der Waals surface area (Å²) in [5, 5.41) is 2.28. The SMILES string of the molecule is CC(C)(N)CSCC(=O)NC(=O)CN1CCCC1=O. The summed E-state index contributed by atoms with van der Waals surface area (Å²) in [5.74, 6) is 0.0418. The van der Waals surface area contributed by atoms with Crippen molar-refractivity contribution >= 4 is 29.5 Å². The van der Waals surface area contributed by atoms with Crippen LogP contribution in [0.3, 0.4) is 0 Å². The highest BCUT2D eigenvalue weighted by Gasteiger charge is 2.23. The van der Waals surface area contributed by atoms with Gasteiger partial charge in [-0.05, 0) is 20.3 Å². The highest BCUT2D eigenvalue weighted by molar-refractivity contribution is 8.00. The van der Waals surface area contributed by atoms with E-state index in [-0.39, 0.29) is 29.7 Å². The maximum atomic E-state index is 11.6. The molecule has 0 aromatic heterocycles. The Labute approximate surface area is 117 Å². The fourth-order valence-corrected chi connectivity index (χ4v) is 2.57. The molecule has 1 heterocycles. The molecule has 0 saturated carbocycles. The van der Waals surface area contributed by atoms with Crippen LogP contribution in [-0.2, 0) is 14.4 Å². The Kier molecular flexibility index (Phi) is 5.81. The molecule has 0 atom stereocenters. The van der Waals surface area contributed by atoms with Crippen LogP contribution in [0.4, 0.5) is 0 Å². The maximum absolute atomic E-state index is 11.6. The van der Waals surface area contributed by atoms with Crippen LogP contribution in [0.15, 0.2) is 0 Å². The zero-order valence-corrected chi connectivity index (χ0v) is 12.2. The Bertz CT molecular complexity index is 366. The molecule has 19 heavy (non-hydrogen) atoms. The lowest BCUT2D eigenvalue weighted by Crippen LogP contribution is -2.41. The molecule has 0 spiro atoms. The molecule has 6 nitrogen and oxygen atoms in total. The van der Waals surface area contributed by atoms with Crippen LogP contribution in [0.25, 0.3) is 0 Å². The third kappa shape index (κ3) is 6.58. The molecule has 0 aliphatic carbocycles. The highest BCUT2D eigenvalue weighted by Crippen LogP contribution is 2.10. The lowest BCUT2D eigenvalue weighted by atomic mass is 10.1. The van der Waals surface area contributed by atoms with E-state index in [9.17, 15) is 14.4 Å². The number of thioether (sulfide) groups is 1. The van der Waals surface area contributed by atoms with Gasteiger partial charge in [0.05, 0.1) is 12.3 Å². The summed E-state index contributed by atoms with van der Waals surface area (Å²) in [5.41, 5.74) is 5.45. The number of carbonyl (C=O) groups is 3. The number of amides is 3. The van der Waals surface area contributed by atoms with Gasteiger partial charge in [0.15, 0.2) is 0 Å². The van der Waals surface area contributed by atoms with Gasteiger partial charge in [0.1, 0.15) is 0 Å². The van der Waals surface area contributed by atoms with Gasteiger partial charge in [-0.15, -0.1) is 0 Å². The number of carbonyl (C=O) groups excluding carboxylic acids is 3. The topological polar surface area (TPSA) is 92.5 Å². The van der Waals surface area contributed by atoms with Crippen molar-refractivity contribution in [3.05, 3.63) is 0 Å². The fourth-order valence-electron chi connectivity index (χ4n) is 1.68. The van der Waals surface area contributed by atoms with Gasteiger partial charge in [-0.25, -0.2) is 0 Å². The second-order valence-electron chi connectivity index (χ2n) is 5.37. The van der Waals surface area contributed by atoms with Gasteiger partial charge in [-0.3, -0.25) is 19.7 Å². The Morgan fingerprint density at radius 1 is 1.42 bits per heavy atom. The molecule has 0 aromatic rings. The van der Waals surface area contributed by atoms with E-state index in [0.717, 1.165) is 6.42 Å². The molecule has 0 unspecified atom stereocenters. The summed E-state index contributed by atoms with van der Waals surface area (Å²) in [6, 6.07) is 0. The van der Waals surface area contributed by atoms with Gasteiger partial charge in [-0.1, -0.05) is 0 Å². The van der Waals surface area contributed by atoms with Crippen LogP contribution in [0.1, 0.15) is 26.7 Å². The molecule has 0 radical (unpaired) electrons. The second-order valence-corrected chi connectivity index (χ2v) is 6.36. The van der Waals surface area contributed by atoms with E-state index >= 15 is 0 Å².